The number of hydrogen-bond acceptors (Lipinski definition) is 3. The van der Waals surface area contributed by atoms with Gasteiger partial charge in [0.1, 0.15) is 6.10 Å². The summed E-state index contributed by atoms with van der Waals surface area (Å²) in [4.78, 5) is 24.3. The summed E-state index contributed by atoms with van der Waals surface area (Å²) >= 11 is 0. The summed E-state index contributed by atoms with van der Waals surface area (Å²) in [5, 5.41) is 9.24. The average molecular weight is 467 g/mol. The second-order valence-electron chi connectivity index (χ2n) is 11.0. The molecule has 0 saturated heterocycles. The van der Waals surface area contributed by atoms with Gasteiger partial charge in [-0.25, -0.2) is 0 Å². The number of unbranched alkanes of at least 4 members (excludes halogenated alkanes) is 7. The Labute approximate surface area is 204 Å². The van der Waals surface area contributed by atoms with Gasteiger partial charge in [-0.3, -0.25) is 9.59 Å². The number of carboxylic acids is 1. The second-order valence-corrected chi connectivity index (χ2v) is 11.0. The number of hydrogen-bond donors (Lipinski definition) is 1. The zero-order valence-corrected chi connectivity index (χ0v) is 22.3. The van der Waals surface area contributed by atoms with Gasteiger partial charge in [0.05, 0.1) is 11.8 Å². The van der Waals surface area contributed by atoms with Gasteiger partial charge in [-0.1, -0.05) is 91.9 Å². The van der Waals surface area contributed by atoms with E-state index in [2.05, 4.69) is 27.7 Å². The van der Waals surface area contributed by atoms with Crippen LogP contribution >= 0.6 is 0 Å². The zero-order chi connectivity index (χ0) is 24.5. The molecular formula is C29H54O4. The highest BCUT2D eigenvalue weighted by atomic mass is 16.5. The van der Waals surface area contributed by atoms with Crippen molar-refractivity contribution in [1.29, 1.82) is 0 Å². The fourth-order valence-electron chi connectivity index (χ4n) is 5.36. The Hall–Kier alpha value is -1.06. The molecule has 33 heavy (non-hydrogen) atoms. The third-order valence-corrected chi connectivity index (χ3v) is 7.56. The molecule has 1 N–H and O–H groups in total. The lowest BCUT2D eigenvalue weighted by atomic mass is 9.82. The molecule has 0 aliphatic heterocycles. The molecule has 2 unspecified atom stereocenters. The van der Waals surface area contributed by atoms with Crippen molar-refractivity contribution in [3.63, 3.8) is 0 Å². The summed E-state index contributed by atoms with van der Waals surface area (Å²) < 4.78 is 6.22. The lowest BCUT2D eigenvalue weighted by Crippen LogP contribution is -2.33. The molecule has 0 bridgehead atoms. The molecule has 1 aliphatic carbocycles. The largest absolute Gasteiger partial charge is 0.481 e. The van der Waals surface area contributed by atoms with Crippen LogP contribution in [0.3, 0.4) is 0 Å². The smallest absolute Gasteiger partial charge is 0.309 e. The lowest BCUT2D eigenvalue weighted by Gasteiger charge is -2.31. The Morgan fingerprint density at radius 3 is 1.82 bits per heavy atom. The third-order valence-electron chi connectivity index (χ3n) is 7.56. The minimum atomic E-state index is -0.720. The van der Waals surface area contributed by atoms with Gasteiger partial charge in [-0.2, -0.15) is 0 Å². The van der Waals surface area contributed by atoms with Gasteiger partial charge >= 0.3 is 11.9 Å². The number of carbonyl (C=O) groups is 2. The Bertz CT molecular complexity index is 508. The SMILES string of the molecule is CCCCCC(CCC)C(CCCCCCCCC(C)C)OC(=O)C1CCC(C(=O)O)CC1. The maximum atomic E-state index is 13.0. The molecule has 1 rings (SSSR count). The van der Waals surface area contributed by atoms with E-state index in [-0.39, 0.29) is 23.9 Å². The van der Waals surface area contributed by atoms with Crippen LogP contribution in [0.4, 0.5) is 0 Å². The normalized spacial score (nSPS) is 20.5. The highest BCUT2D eigenvalue weighted by Crippen LogP contribution is 2.32. The van der Waals surface area contributed by atoms with Crippen molar-refractivity contribution in [2.45, 2.75) is 149 Å². The maximum Gasteiger partial charge on any atom is 0.309 e. The van der Waals surface area contributed by atoms with E-state index < -0.39 is 5.97 Å². The first kappa shape index (κ1) is 30.0. The first-order valence-corrected chi connectivity index (χ1v) is 14.3. The van der Waals surface area contributed by atoms with E-state index >= 15 is 0 Å². The van der Waals surface area contributed by atoms with Gasteiger partial charge in [0.25, 0.3) is 0 Å². The predicted octanol–water partition coefficient (Wildman–Crippen LogP) is 8.56. The minimum absolute atomic E-state index is 0.0347. The Morgan fingerprint density at radius 1 is 0.727 bits per heavy atom. The molecule has 0 aromatic carbocycles. The van der Waals surface area contributed by atoms with Crippen molar-refractivity contribution in [2.24, 2.45) is 23.7 Å². The van der Waals surface area contributed by atoms with Gasteiger partial charge in [0.2, 0.25) is 0 Å². The van der Waals surface area contributed by atoms with Gasteiger partial charge in [-0.05, 0) is 63.2 Å². The molecule has 194 valence electrons. The highest BCUT2D eigenvalue weighted by Gasteiger charge is 2.33. The van der Waals surface area contributed by atoms with Crippen molar-refractivity contribution < 1.29 is 19.4 Å². The molecule has 0 spiro atoms. The van der Waals surface area contributed by atoms with Crippen LogP contribution < -0.4 is 0 Å². The molecule has 4 nitrogen and oxygen atoms in total. The molecule has 0 heterocycles. The van der Waals surface area contributed by atoms with Crippen LogP contribution in [0.1, 0.15) is 143 Å². The van der Waals surface area contributed by atoms with Crippen LogP contribution in [0, 0.1) is 23.7 Å². The molecule has 0 aromatic rings. The van der Waals surface area contributed by atoms with Crippen molar-refractivity contribution >= 4 is 11.9 Å². The van der Waals surface area contributed by atoms with Gasteiger partial charge < -0.3 is 9.84 Å². The quantitative estimate of drug-likeness (QED) is 0.153. The van der Waals surface area contributed by atoms with Crippen molar-refractivity contribution in [1.82, 2.24) is 0 Å². The fourth-order valence-corrected chi connectivity index (χ4v) is 5.36. The standard InChI is InChI=1S/C29H54O4/c1-5-7-12-17-24(15-6-2)27(18-14-11-9-8-10-13-16-23(3)4)33-29(32)26-21-19-25(20-22-26)28(30)31/h23-27H,5-22H2,1-4H3,(H,30,31). The van der Waals surface area contributed by atoms with E-state index in [1.54, 1.807) is 0 Å². The topological polar surface area (TPSA) is 63.6 Å². The van der Waals surface area contributed by atoms with E-state index in [0.717, 1.165) is 38.0 Å². The zero-order valence-electron chi connectivity index (χ0n) is 22.3. The minimum Gasteiger partial charge on any atom is -0.481 e. The van der Waals surface area contributed by atoms with E-state index in [1.165, 1.54) is 57.8 Å². The van der Waals surface area contributed by atoms with Crippen molar-refractivity contribution in [3.8, 4) is 0 Å². The van der Waals surface area contributed by atoms with E-state index in [4.69, 9.17) is 4.74 Å². The second kappa shape index (κ2) is 18.3. The fraction of sp³-hybridized carbons (Fsp3) is 0.931. The molecule has 0 amide bonds. The molecule has 1 saturated carbocycles. The van der Waals surface area contributed by atoms with Crippen LogP contribution in [0.25, 0.3) is 0 Å². The maximum absolute atomic E-state index is 13.0. The molecule has 0 aromatic heterocycles. The Morgan fingerprint density at radius 2 is 1.27 bits per heavy atom. The summed E-state index contributed by atoms with van der Waals surface area (Å²) in [6.45, 7) is 9.07. The third kappa shape index (κ3) is 13.4. The van der Waals surface area contributed by atoms with Gasteiger partial charge in [0, 0.05) is 0 Å². The summed E-state index contributed by atoms with van der Waals surface area (Å²) in [7, 11) is 0. The Kier molecular flexibility index (Phi) is 16.6. The highest BCUT2D eigenvalue weighted by molar-refractivity contribution is 5.74. The molecular weight excluding hydrogens is 412 g/mol. The number of ether oxygens (including phenoxy) is 1. The molecule has 1 fully saturated rings. The van der Waals surface area contributed by atoms with Gasteiger partial charge in [0.15, 0.2) is 0 Å². The van der Waals surface area contributed by atoms with Crippen molar-refractivity contribution in [3.05, 3.63) is 0 Å². The van der Waals surface area contributed by atoms with E-state index in [0.29, 0.717) is 31.6 Å². The molecule has 1 aliphatic rings. The molecule has 2 atom stereocenters. The number of rotatable bonds is 19. The summed E-state index contributed by atoms with van der Waals surface area (Å²) in [6.07, 6.45) is 19.6. The first-order chi connectivity index (χ1) is 15.9. The summed E-state index contributed by atoms with van der Waals surface area (Å²) in [5.74, 6) is 0.0981. The average Bonchev–Trinajstić information content (AvgIpc) is 2.79. The molecule has 4 heteroatoms. The van der Waals surface area contributed by atoms with Gasteiger partial charge in [-0.15, -0.1) is 0 Å². The van der Waals surface area contributed by atoms with Crippen LogP contribution in [0.15, 0.2) is 0 Å². The first-order valence-electron chi connectivity index (χ1n) is 14.3. The van der Waals surface area contributed by atoms with Crippen LogP contribution in [0.2, 0.25) is 0 Å². The van der Waals surface area contributed by atoms with Crippen LogP contribution in [0.5, 0.6) is 0 Å². The number of esters is 1. The number of carboxylic acid groups (broad SMARTS) is 1. The lowest BCUT2D eigenvalue weighted by molar-refractivity contribution is -0.160. The van der Waals surface area contributed by atoms with Crippen LogP contribution in [-0.4, -0.2) is 23.1 Å². The number of aliphatic carboxylic acids is 1. The summed E-state index contributed by atoms with van der Waals surface area (Å²) in [5.41, 5.74) is 0. The van der Waals surface area contributed by atoms with E-state index in [9.17, 15) is 14.7 Å². The number of carbonyl (C=O) groups excluding carboxylic acids is 1. The van der Waals surface area contributed by atoms with Crippen molar-refractivity contribution in [2.75, 3.05) is 0 Å². The van der Waals surface area contributed by atoms with E-state index in [1.807, 2.05) is 0 Å². The Balaban J connectivity index is 2.55. The summed E-state index contributed by atoms with van der Waals surface area (Å²) in [6, 6.07) is 0. The molecule has 0 radical (unpaired) electrons. The monoisotopic (exact) mass is 466 g/mol. The predicted molar refractivity (Wildman–Crippen MR) is 137 cm³/mol. The van der Waals surface area contributed by atoms with Crippen LogP contribution in [-0.2, 0) is 14.3 Å².